The second-order valence-electron chi connectivity index (χ2n) is 3.80. The van der Waals surface area contributed by atoms with Gasteiger partial charge in [0.25, 0.3) is 0 Å². The molecule has 1 aliphatic rings. The average molecular weight is 254 g/mol. The molecule has 1 atom stereocenters. The van der Waals surface area contributed by atoms with Crippen LogP contribution < -0.4 is 10.2 Å². The minimum Gasteiger partial charge on any atom is -0.329 e. The van der Waals surface area contributed by atoms with Gasteiger partial charge >= 0.3 is 0 Å². The highest BCUT2D eigenvalue weighted by Gasteiger charge is 2.22. The van der Waals surface area contributed by atoms with Crippen molar-refractivity contribution in [2.75, 3.05) is 24.5 Å². The smallest absolute Gasteiger partial charge is 0.187 e. The molecule has 1 N–H and O–H groups in total. The molecule has 0 bridgehead atoms. The quantitative estimate of drug-likeness (QED) is 0.624. The summed E-state index contributed by atoms with van der Waals surface area (Å²) in [6.45, 7) is 2.71. The molecule has 1 aromatic heterocycles. The highest BCUT2D eigenvalue weighted by Crippen LogP contribution is 2.30. The number of alkyl halides is 1. The Labute approximate surface area is 103 Å². The van der Waals surface area contributed by atoms with E-state index in [9.17, 15) is 0 Å². The SMILES string of the molecule is Cl[C@H]1CNCCN1c1nc2ccccc2s1. The summed E-state index contributed by atoms with van der Waals surface area (Å²) in [4.78, 5) is 6.79. The Balaban J connectivity index is 1.98. The van der Waals surface area contributed by atoms with Gasteiger partial charge in [-0.25, -0.2) is 4.98 Å². The van der Waals surface area contributed by atoms with E-state index < -0.39 is 0 Å². The van der Waals surface area contributed by atoms with Crippen molar-refractivity contribution in [3.05, 3.63) is 24.3 Å². The van der Waals surface area contributed by atoms with E-state index in [2.05, 4.69) is 21.3 Å². The average Bonchev–Trinajstić information content (AvgIpc) is 2.73. The first-order chi connectivity index (χ1) is 7.84. The summed E-state index contributed by atoms with van der Waals surface area (Å²) in [6, 6.07) is 8.20. The highest BCUT2D eigenvalue weighted by molar-refractivity contribution is 7.22. The van der Waals surface area contributed by atoms with Crippen molar-refractivity contribution in [1.29, 1.82) is 0 Å². The van der Waals surface area contributed by atoms with Crippen LogP contribution in [0, 0.1) is 0 Å². The molecular formula is C11H12ClN3S. The van der Waals surface area contributed by atoms with Crippen molar-refractivity contribution < 1.29 is 0 Å². The first kappa shape index (κ1) is 10.3. The highest BCUT2D eigenvalue weighted by atomic mass is 35.5. The third-order valence-electron chi connectivity index (χ3n) is 2.71. The van der Waals surface area contributed by atoms with E-state index in [4.69, 9.17) is 11.6 Å². The molecule has 1 saturated heterocycles. The van der Waals surface area contributed by atoms with Gasteiger partial charge in [0, 0.05) is 19.6 Å². The summed E-state index contributed by atoms with van der Waals surface area (Å²) in [5.41, 5.74) is 1.07. The summed E-state index contributed by atoms with van der Waals surface area (Å²) < 4.78 is 1.22. The van der Waals surface area contributed by atoms with Crippen LogP contribution in [0.2, 0.25) is 0 Å². The minimum atomic E-state index is 0.00862. The molecule has 0 aliphatic carbocycles. The fourth-order valence-corrected chi connectivity index (χ4v) is 3.27. The van der Waals surface area contributed by atoms with E-state index in [1.54, 1.807) is 11.3 Å². The molecule has 0 amide bonds. The second kappa shape index (κ2) is 4.20. The van der Waals surface area contributed by atoms with E-state index in [-0.39, 0.29) is 5.50 Å². The van der Waals surface area contributed by atoms with Crippen molar-refractivity contribution in [3.8, 4) is 0 Å². The number of thiazole rings is 1. The number of hydrogen-bond donors (Lipinski definition) is 1. The molecule has 0 saturated carbocycles. The van der Waals surface area contributed by atoms with Crippen molar-refractivity contribution in [3.63, 3.8) is 0 Å². The number of halogens is 1. The van der Waals surface area contributed by atoms with Gasteiger partial charge in [0.1, 0.15) is 5.50 Å². The number of anilines is 1. The molecule has 3 rings (SSSR count). The van der Waals surface area contributed by atoms with E-state index in [1.165, 1.54) is 4.70 Å². The lowest BCUT2D eigenvalue weighted by Crippen LogP contribution is -2.48. The number of hydrogen-bond acceptors (Lipinski definition) is 4. The van der Waals surface area contributed by atoms with Crippen LogP contribution in [-0.2, 0) is 0 Å². The van der Waals surface area contributed by atoms with Gasteiger partial charge in [0.2, 0.25) is 0 Å². The zero-order chi connectivity index (χ0) is 11.0. The maximum atomic E-state index is 6.27. The van der Waals surface area contributed by atoms with Crippen LogP contribution in [0.5, 0.6) is 0 Å². The van der Waals surface area contributed by atoms with Gasteiger partial charge in [-0.2, -0.15) is 0 Å². The zero-order valence-electron chi connectivity index (χ0n) is 8.69. The number of fused-ring (bicyclic) bond motifs is 1. The van der Waals surface area contributed by atoms with Crippen molar-refractivity contribution in [1.82, 2.24) is 10.3 Å². The van der Waals surface area contributed by atoms with Gasteiger partial charge in [-0.15, -0.1) is 0 Å². The molecule has 0 spiro atoms. The lowest BCUT2D eigenvalue weighted by atomic mass is 10.3. The van der Waals surface area contributed by atoms with Crippen LogP contribution in [0.25, 0.3) is 10.2 Å². The molecule has 2 heterocycles. The first-order valence-corrected chi connectivity index (χ1v) is 6.57. The number of aromatic nitrogens is 1. The summed E-state index contributed by atoms with van der Waals surface area (Å²) >= 11 is 7.98. The Morgan fingerprint density at radius 3 is 3.12 bits per heavy atom. The summed E-state index contributed by atoms with van der Waals surface area (Å²) in [5.74, 6) is 0. The number of benzene rings is 1. The van der Waals surface area contributed by atoms with Gasteiger partial charge in [0.05, 0.1) is 10.2 Å². The molecule has 0 radical (unpaired) electrons. The van der Waals surface area contributed by atoms with Gasteiger partial charge in [-0.05, 0) is 12.1 Å². The molecule has 16 heavy (non-hydrogen) atoms. The largest absolute Gasteiger partial charge is 0.329 e. The van der Waals surface area contributed by atoms with Crippen LogP contribution in [0.15, 0.2) is 24.3 Å². The lowest BCUT2D eigenvalue weighted by molar-refractivity contribution is 0.558. The van der Waals surface area contributed by atoms with E-state index >= 15 is 0 Å². The number of nitrogens with zero attached hydrogens (tertiary/aromatic N) is 2. The van der Waals surface area contributed by atoms with Crippen molar-refractivity contribution in [2.24, 2.45) is 0 Å². The summed E-state index contributed by atoms with van der Waals surface area (Å²) in [7, 11) is 0. The molecular weight excluding hydrogens is 242 g/mol. The number of para-hydroxylation sites is 1. The number of nitrogens with one attached hydrogen (secondary N) is 1. The zero-order valence-corrected chi connectivity index (χ0v) is 10.3. The third kappa shape index (κ3) is 1.77. The minimum absolute atomic E-state index is 0.00862. The van der Waals surface area contributed by atoms with Crippen LogP contribution >= 0.6 is 22.9 Å². The molecule has 5 heteroatoms. The Hall–Kier alpha value is -0.840. The first-order valence-electron chi connectivity index (χ1n) is 5.31. The van der Waals surface area contributed by atoms with E-state index in [0.717, 1.165) is 30.3 Å². The maximum Gasteiger partial charge on any atom is 0.187 e. The topological polar surface area (TPSA) is 28.2 Å². The van der Waals surface area contributed by atoms with Crippen molar-refractivity contribution >= 4 is 38.3 Å². The fourth-order valence-electron chi connectivity index (χ4n) is 1.87. The second-order valence-corrected chi connectivity index (χ2v) is 5.31. The molecule has 2 aromatic rings. The molecule has 0 unspecified atom stereocenters. The monoisotopic (exact) mass is 253 g/mol. The Kier molecular flexibility index (Phi) is 2.71. The molecule has 3 nitrogen and oxygen atoms in total. The van der Waals surface area contributed by atoms with Crippen LogP contribution in [0.4, 0.5) is 5.13 Å². The van der Waals surface area contributed by atoms with Crippen LogP contribution in [0.1, 0.15) is 0 Å². The summed E-state index contributed by atoms with van der Waals surface area (Å²) in [6.07, 6.45) is 0. The standard InChI is InChI=1S/C11H12ClN3S/c12-10-7-13-5-6-15(10)11-14-8-3-1-2-4-9(8)16-11/h1-4,10,13H,5-7H2/t10-/m1/s1. The van der Waals surface area contributed by atoms with Crippen LogP contribution in [0.3, 0.4) is 0 Å². The fraction of sp³-hybridized carbons (Fsp3) is 0.364. The Bertz CT molecular complexity index is 466. The van der Waals surface area contributed by atoms with Gasteiger partial charge in [-0.1, -0.05) is 35.1 Å². The predicted molar refractivity (Wildman–Crippen MR) is 69.5 cm³/mol. The normalized spacial score (nSPS) is 21.6. The molecule has 1 aromatic carbocycles. The lowest BCUT2D eigenvalue weighted by Gasteiger charge is -2.31. The molecule has 1 fully saturated rings. The van der Waals surface area contributed by atoms with Crippen molar-refractivity contribution in [2.45, 2.75) is 5.50 Å². The predicted octanol–water partition coefficient (Wildman–Crippen LogP) is 2.27. The van der Waals surface area contributed by atoms with Crippen LogP contribution in [-0.4, -0.2) is 30.1 Å². The van der Waals surface area contributed by atoms with Gasteiger partial charge < -0.3 is 10.2 Å². The number of piperazine rings is 1. The summed E-state index contributed by atoms with van der Waals surface area (Å²) in [5, 5.41) is 4.30. The number of rotatable bonds is 1. The van der Waals surface area contributed by atoms with E-state index in [0.29, 0.717) is 0 Å². The Morgan fingerprint density at radius 2 is 2.31 bits per heavy atom. The maximum absolute atomic E-state index is 6.27. The molecule has 84 valence electrons. The Morgan fingerprint density at radius 1 is 1.44 bits per heavy atom. The van der Waals surface area contributed by atoms with Gasteiger partial charge in [-0.3, -0.25) is 0 Å². The van der Waals surface area contributed by atoms with Gasteiger partial charge in [0.15, 0.2) is 5.13 Å². The third-order valence-corrected chi connectivity index (χ3v) is 4.17. The van der Waals surface area contributed by atoms with E-state index in [1.807, 2.05) is 18.2 Å². The molecule has 1 aliphatic heterocycles.